The van der Waals surface area contributed by atoms with Gasteiger partial charge in [0.25, 0.3) is 0 Å². The maximum atomic E-state index is 12.9. The first kappa shape index (κ1) is 19.3. The van der Waals surface area contributed by atoms with Crippen molar-refractivity contribution < 1.29 is 4.79 Å². The highest BCUT2D eigenvalue weighted by Gasteiger charge is 2.43. The number of hydrogen-bond donors (Lipinski definition) is 1. The zero-order valence-electron chi connectivity index (χ0n) is 16.7. The minimum atomic E-state index is -0.394. The van der Waals surface area contributed by atoms with Crippen molar-refractivity contribution in [3.05, 3.63) is 84.4 Å². The molecule has 0 spiro atoms. The number of rotatable bonds is 6. The van der Waals surface area contributed by atoms with Gasteiger partial charge in [0.05, 0.1) is 5.41 Å². The van der Waals surface area contributed by atoms with Gasteiger partial charge >= 0.3 is 0 Å². The van der Waals surface area contributed by atoms with Gasteiger partial charge in [-0.1, -0.05) is 30.3 Å². The van der Waals surface area contributed by atoms with Crippen LogP contribution in [0.25, 0.3) is 11.1 Å². The molecule has 0 radical (unpaired) electrons. The highest BCUT2D eigenvalue weighted by Crippen LogP contribution is 2.35. The largest absolute Gasteiger partial charge is 0.359 e. The number of amides is 1. The Morgan fingerprint density at radius 3 is 2.45 bits per heavy atom. The molecular formula is C24H26N4O. The molecule has 3 aromatic rings. The fourth-order valence-corrected chi connectivity index (χ4v) is 4.27. The Morgan fingerprint density at radius 2 is 1.76 bits per heavy atom. The van der Waals surface area contributed by atoms with Gasteiger partial charge in [-0.25, -0.2) is 0 Å². The molecule has 1 amide bonds. The van der Waals surface area contributed by atoms with E-state index in [1.165, 1.54) is 11.1 Å². The fourth-order valence-electron chi connectivity index (χ4n) is 4.27. The maximum absolute atomic E-state index is 12.9. The first-order valence-electron chi connectivity index (χ1n) is 10.0. The van der Waals surface area contributed by atoms with Crippen LogP contribution in [0.5, 0.6) is 0 Å². The molecule has 2 aromatic heterocycles. The summed E-state index contributed by atoms with van der Waals surface area (Å²) < 4.78 is 0. The summed E-state index contributed by atoms with van der Waals surface area (Å²) in [6.07, 6.45) is 8.90. The van der Waals surface area contributed by atoms with Crippen molar-refractivity contribution in [1.29, 1.82) is 0 Å². The van der Waals surface area contributed by atoms with Gasteiger partial charge in [0, 0.05) is 44.9 Å². The van der Waals surface area contributed by atoms with E-state index in [4.69, 9.17) is 0 Å². The van der Waals surface area contributed by atoms with E-state index >= 15 is 0 Å². The van der Waals surface area contributed by atoms with Crippen molar-refractivity contribution in [1.82, 2.24) is 20.2 Å². The van der Waals surface area contributed by atoms with Crippen LogP contribution in [-0.2, 0) is 17.8 Å². The average molecular weight is 386 g/mol. The minimum absolute atomic E-state index is 0.129. The number of nitrogens with one attached hydrogen (secondary N) is 1. The maximum Gasteiger partial charge on any atom is 0.227 e. The van der Waals surface area contributed by atoms with Crippen LogP contribution < -0.4 is 5.32 Å². The topological polar surface area (TPSA) is 58.1 Å². The van der Waals surface area contributed by atoms with Crippen LogP contribution in [0.4, 0.5) is 0 Å². The lowest BCUT2D eigenvalue weighted by molar-refractivity contribution is -0.130. The molecule has 3 heterocycles. The summed E-state index contributed by atoms with van der Waals surface area (Å²) in [6, 6.07) is 16.6. The molecule has 0 aliphatic carbocycles. The molecule has 1 N–H and O–H groups in total. The third kappa shape index (κ3) is 4.35. The van der Waals surface area contributed by atoms with Crippen LogP contribution in [0.3, 0.4) is 0 Å². The van der Waals surface area contributed by atoms with Gasteiger partial charge in [0.1, 0.15) is 0 Å². The predicted octanol–water partition coefficient (Wildman–Crippen LogP) is 3.32. The van der Waals surface area contributed by atoms with Crippen LogP contribution in [0.1, 0.15) is 17.5 Å². The summed E-state index contributed by atoms with van der Waals surface area (Å²) in [7, 11) is 1.74. The molecule has 0 bridgehead atoms. The van der Waals surface area contributed by atoms with E-state index in [0.717, 1.165) is 43.6 Å². The SMILES string of the molecule is CNC(=O)[C@]1(Cc2ccc(-c3ccncc3)cc2)CCN(Cc2cccnc2)C1. The lowest BCUT2D eigenvalue weighted by Crippen LogP contribution is -2.43. The molecule has 0 unspecified atom stereocenters. The Morgan fingerprint density at radius 1 is 1.00 bits per heavy atom. The molecule has 1 aromatic carbocycles. The second-order valence-corrected chi connectivity index (χ2v) is 7.79. The molecular weight excluding hydrogens is 360 g/mol. The van der Waals surface area contributed by atoms with Gasteiger partial charge in [0.15, 0.2) is 0 Å². The minimum Gasteiger partial charge on any atom is -0.359 e. The number of aromatic nitrogens is 2. The fraction of sp³-hybridized carbons (Fsp3) is 0.292. The zero-order valence-corrected chi connectivity index (χ0v) is 16.7. The monoisotopic (exact) mass is 386 g/mol. The summed E-state index contributed by atoms with van der Waals surface area (Å²) in [4.78, 5) is 23.5. The molecule has 1 aliphatic heterocycles. The van der Waals surface area contributed by atoms with Crippen molar-refractivity contribution in [2.75, 3.05) is 20.1 Å². The van der Waals surface area contributed by atoms with Gasteiger partial charge in [-0.3, -0.25) is 19.7 Å². The number of likely N-dealkylation sites (tertiary alicyclic amines) is 1. The van der Waals surface area contributed by atoms with Crippen molar-refractivity contribution in [3.63, 3.8) is 0 Å². The van der Waals surface area contributed by atoms with E-state index in [1.54, 1.807) is 25.6 Å². The van der Waals surface area contributed by atoms with E-state index < -0.39 is 5.41 Å². The first-order valence-corrected chi connectivity index (χ1v) is 10.0. The Balaban J connectivity index is 1.50. The summed E-state index contributed by atoms with van der Waals surface area (Å²) in [5.74, 6) is 0.129. The second kappa shape index (κ2) is 8.53. The molecule has 148 valence electrons. The smallest absolute Gasteiger partial charge is 0.227 e. The molecule has 29 heavy (non-hydrogen) atoms. The lowest BCUT2D eigenvalue weighted by Gasteiger charge is -2.28. The summed E-state index contributed by atoms with van der Waals surface area (Å²) >= 11 is 0. The third-order valence-electron chi connectivity index (χ3n) is 5.78. The van der Waals surface area contributed by atoms with E-state index in [1.807, 2.05) is 24.4 Å². The molecule has 1 fully saturated rings. The quantitative estimate of drug-likeness (QED) is 0.706. The van der Waals surface area contributed by atoms with Gasteiger partial charge in [-0.05, 0) is 59.8 Å². The second-order valence-electron chi connectivity index (χ2n) is 7.79. The van der Waals surface area contributed by atoms with Gasteiger partial charge in [-0.2, -0.15) is 0 Å². The van der Waals surface area contributed by atoms with E-state index in [2.05, 4.69) is 50.5 Å². The van der Waals surface area contributed by atoms with E-state index in [0.29, 0.717) is 0 Å². The summed E-state index contributed by atoms with van der Waals surface area (Å²) in [5, 5.41) is 2.90. The lowest BCUT2D eigenvalue weighted by atomic mass is 9.79. The number of carbonyl (C=O) groups is 1. The van der Waals surface area contributed by atoms with Crippen molar-refractivity contribution in [3.8, 4) is 11.1 Å². The number of benzene rings is 1. The van der Waals surface area contributed by atoms with Crippen LogP contribution >= 0.6 is 0 Å². The molecule has 1 saturated heterocycles. The first-order chi connectivity index (χ1) is 14.2. The van der Waals surface area contributed by atoms with E-state index in [-0.39, 0.29) is 5.91 Å². The number of carbonyl (C=O) groups excluding carboxylic acids is 1. The zero-order chi connectivity index (χ0) is 20.1. The van der Waals surface area contributed by atoms with Crippen LogP contribution in [0, 0.1) is 5.41 Å². The highest BCUT2D eigenvalue weighted by atomic mass is 16.2. The molecule has 1 atom stereocenters. The molecule has 5 heteroatoms. The van der Waals surface area contributed by atoms with Gasteiger partial charge in [-0.15, -0.1) is 0 Å². The molecule has 5 nitrogen and oxygen atoms in total. The van der Waals surface area contributed by atoms with Crippen molar-refractivity contribution in [2.24, 2.45) is 5.41 Å². The molecule has 0 saturated carbocycles. The normalized spacial score (nSPS) is 19.2. The van der Waals surface area contributed by atoms with E-state index in [9.17, 15) is 4.79 Å². The Hall–Kier alpha value is -3.05. The Labute approximate surface area is 171 Å². The third-order valence-corrected chi connectivity index (χ3v) is 5.78. The van der Waals surface area contributed by atoms with Crippen molar-refractivity contribution >= 4 is 5.91 Å². The van der Waals surface area contributed by atoms with Crippen molar-refractivity contribution in [2.45, 2.75) is 19.4 Å². The Bertz CT molecular complexity index is 944. The van der Waals surface area contributed by atoms with Crippen LogP contribution in [0.15, 0.2) is 73.3 Å². The number of pyridine rings is 2. The number of nitrogens with zero attached hydrogens (tertiary/aromatic N) is 3. The summed E-state index contributed by atoms with van der Waals surface area (Å²) in [5.41, 5.74) is 4.29. The highest BCUT2D eigenvalue weighted by molar-refractivity contribution is 5.83. The van der Waals surface area contributed by atoms with Crippen LogP contribution in [0.2, 0.25) is 0 Å². The predicted molar refractivity (Wildman–Crippen MR) is 114 cm³/mol. The Kier molecular flexibility index (Phi) is 5.67. The van der Waals surface area contributed by atoms with Gasteiger partial charge in [0.2, 0.25) is 5.91 Å². The molecule has 1 aliphatic rings. The molecule has 4 rings (SSSR count). The summed E-state index contributed by atoms with van der Waals surface area (Å²) in [6.45, 7) is 2.50. The standard InChI is InChI=1S/C24H26N4O/c1-25-23(29)24(10-14-28(18-24)17-20-3-2-11-27-16-20)15-19-4-6-21(7-5-19)22-8-12-26-13-9-22/h2-9,11-13,16H,10,14-15,17-18H2,1H3,(H,25,29)/t24-/m0/s1. The number of hydrogen-bond acceptors (Lipinski definition) is 4. The average Bonchev–Trinajstić information content (AvgIpc) is 3.18. The van der Waals surface area contributed by atoms with Gasteiger partial charge < -0.3 is 5.32 Å². The van der Waals surface area contributed by atoms with Crippen LogP contribution in [-0.4, -0.2) is 40.9 Å².